The second-order valence-electron chi connectivity index (χ2n) is 3.16. The Bertz CT molecular complexity index is 474. The molecule has 102 valence electrons. The first-order valence-electron chi connectivity index (χ1n) is 4.37. The minimum Gasteiger partial charge on any atom is -0.478 e. The van der Waals surface area contributed by atoms with Gasteiger partial charge in [-0.2, -0.15) is 0 Å². The molecule has 0 radical (unpaired) electrons. The predicted octanol–water partition coefficient (Wildman–Crippen LogP) is -0.345. The van der Waals surface area contributed by atoms with E-state index in [0.717, 1.165) is 0 Å². The Balaban J connectivity index is 0.00000324. The Hall–Kier alpha value is -2.94. The molecule has 0 fully saturated rings. The molecule has 6 N–H and O–H groups in total. The van der Waals surface area contributed by atoms with Crippen LogP contribution in [0.2, 0.25) is 0 Å². The van der Waals surface area contributed by atoms with Gasteiger partial charge in [0.05, 0.1) is 22.3 Å². The van der Waals surface area contributed by atoms with Gasteiger partial charge in [0.2, 0.25) is 0 Å². The lowest BCUT2D eigenvalue weighted by molar-refractivity contribution is 0.0637. The molecule has 0 amide bonds. The number of carboxylic acid groups (broad SMARTS) is 4. The van der Waals surface area contributed by atoms with Crippen LogP contribution in [0.3, 0.4) is 0 Å². The van der Waals surface area contributed by atoms with E-state index < -0.39 is 46.1 Å². The van der Waals surface area contributed by atoms with E-state index in [1.54, 1.807) is 0 Å². The fourth-order valence-corrected chi connectivity index (χ4v) is 1.31. The SMILES string of the molecule is O.O=C(O)c1cc(C(=O)O)c(C(=O)O)cc1C(=O)O. The summed E-state index contributed by atoms with van der Waals surface area (Å²) in [5, 5.41) is 35.0. The summed E-state index contributed by atoms with van der Waals surface area (Å²) >= 11 is 0. The van der Waals surface area contributed by atoms with Gasteiger partial charge in [-0.1, -0.05) is 0 Å². The van der Waals surface area contributed by atoms with Gasteiger partial charge in [-0.25, -0.2) is 19.2 Å². The Morgan fingerprint density at radius 2 is 0.737 bits per heavy atom. The van der Waals surface area contributed by atoms with Crippen molar-refractivity contribution in [2.75, 3.05) is 0 Å². The molecular formula is C10H8O9. The summed E-state index contributed by atoms with van der Waals surface area (Å²) in [6.07, 6.45) is 0. The Kier molecular flexibility index (Phi) is 4.73. The van der Waals surface area contributed by atoms with Crippen molar-refractivity contribution in [1.29, 1.82) is 0 Å². The van der Waals surface area contributed by atoms with Gasteiger partial charge in [-0.3, -0.25) is 0 Å². The monoisotopic (exact) mass is 272 g/mol. The van der Waals surface area contributed by atoms with Crippen LogP contribution in [0, 0.1) is 0 Å². The fraction of sp³-hybridized carbons (Fsp3) is 0. The van der Waals surface area contributed by atoms with Crippen molar-refractivity contribution in [2.45, 2.75) is 0 Å². The van der Waals surface area contributed by atoms with Gasteiger partial charge in [0.1, 0.15) is 0 Å². The van der Waals surface area contributed by atoms with Crippen LogP contribution in [0.15, 0.2) is 12.1 Å². The van der Waals surface area contributed by atoms with Crippen LogP contribution in [-0.2, 0) is 0 Å². The maximum absolute atomic E-state index is 10.8. The van der Waals surface area contributed by atoms with Gasteiger partial charge in [0, 0.05) is 0 Å². The van der Waals surface area contributed by atoms with Gasteiger partial charge in [-0.15, -0.1) is 0 Å². The third kappa shape index (κ3) is 3.04. The molecule has 0 aromatic heterocycles. The van der Waals surface area contributed by atoms with Crippen molar-refractivity contribution in [3.63, 3.8) is 0 Å². The highest BCUT2D eigenvalue weighted by Gasteiger charge is 2.24. The van der Waals surface area contributed by atoms with E-state index in [0.29, 0.717) is 12.1 Å². The average Bonchev–Trinajstić information content (AvgIpc) is 2.26. The molecule has 0 saturated heterocycles. The molecule has 1 rings (SSSR count). The zero-order valence-electron chi connectivity index (χ0n) is 9.08. The molecule has 1 aromatic carbocycles. The molecule has 0 unspecified atom stereocenters. The summed E-state index contributed by atoms with van der Waals surface area (Å²) in [6, 6.07) is 1.02. The van der Waals surface area contributed by atoms with Crippen LogP contribution < -0.4 is 0 Å². The van der Waals surface area contributed by atoms with Gasteiger partial charge < -0.3 is 25.9 Å². The maximum atomic E-state index is 10.8. The zero-order valence-corrected chi connectivity index (χ0v) is 9.08. The fourth-order valence-electron chi connectivity index (χ4n) is 1.31. The highest BCUT2D eigenvalue weighted by atomic mass is 16.4. The number of aromatic carboxylic acids is 4. The maximum Gasteiger partial charge on any atom is 0.336 e. The van der Waals surface area contributed by atoms with E-state index in [9.17, 15) is 19.2 Å². The molecule has 19 heavy (non-hydrogen) atoms. The van der Waals surface area contributed by atoms with Crippen LogP contribution in [-0.4, -0.2) is 49.8 Å². The largest absolute Gasteiger partial charge is 0.478 e. The van der Waals surface area contributed by atoms with E-state index in [2.05, 4.69) is 0 Å². The third-order valence-corrected chi connectivity index (χ3v) is 2.08. The van der Waals surface area contributed by atoms with Crippen LogP contribution in [0.4, 0.5) is 0 Å². The number of carboxylic acids is 4. The highest BCUT2D eigenvalue weighted by molar-refractivity contribution is 6.09. The first-order chi connectivity index (χ1) is 8.25. The lowest BCUT2D eigenvalue weighted by Gasteiger charge is -2.06. The number of hydrogen-bond acceptors (Lipinski definition) is 4. The predicted molar refractivity (Wildman–Crippen MR) is 57.9 cm³/mol. The van der Waals surface area contributed by atoms with Crippen molar-refractivity contribution in [2.24, 2.45) is 0 Å². The molecule has 0 aliphatic rings. The summed E-state index contributed by atoms with van der Waals surface area (Å²) in [5.41, 5.74) is -3.15. The second kappa shape index (κ2) is 5.60. The normalized spacial score (nSPS) is 9.26. The molecule has 1 aromatic rings. The molecule has 0 aliphatic carbocycles. The molecule has 9 nitrogen and oxygen atoms in total. The first kappa shape index (κ1) is 16.1. The Morgan fingerprint density at radius 3 is 0.842 bits per heavy atom. The second-order valence-corrected chi connectivity index (χ2v) is 3.16. The highest BCUT2D eigenvalue weighted by Crippen LogP contribution is 2.18. The van der Waals surface area contributed by atoms with E-state index >= 15 is 0 Å². The standard InChI is InChI=1S/C10H6O8.H2O/c11-7(12)3-1-4(8(13)14)6(10(17)18)2-5(3)9(15)16;/h1-2H,(H,11,12)(H,13,14)(H,15,16)(H,17,18);1H2. The minimum atomic E-state index is -1.66. The number of hydrogen-bond donors (Lipinski definition) is 4. The molecule has 9 heteroatoms. The summed E-state index contributed by atoms with van der Waals surface area (Å²) in [7, 11) is 0. The van der Waals surface area contributed by atoms with Gasteiger partial charge in [0.25, 0.3) is 0 Å². The first-order valence-corrected chi connectivity index (χ1v) is 4.37. The van der Waals surface area contributed by atoms with E-state index in [1.165, 1.54) is 0 Å². The molecule has 0 heterocycles. The van der Waals surface area contributed by atoms with Crippen LogP contribution >= 0.6 is 0 Å². The lowest BCUT2D eigenvalue weighted by atomic mass is 9.98. The zero-order chi connectivity index (χ0) is 14.0. The lowest BCUT2D eigenvalue weighted by Crippen LogP contribution is -2.15. The molecule has 0 atom stereocenters. The van der Waals surface area contributed by atoms with E-state index in [1.807, 2.05) is 0 Å². The number of carbonyl (C=O) groups is 4. The van der Waals surface area contributed by atoms with Crippen molar-refractivity contribution in [3.05, 3.63) is 34.4 Å². The smallest absolute Gasteiger partial charge is 0.336 e. The average molecular weight is 272 g/mol. The van der Waals surface area contributed by atoms with Crippen LogP contribution in [0.1, 0.15) is 41.4 Å². The van der Waals surface area contributed by atoms with Gasteiger partial charge in [-0.05, 0) is 12.1 Å². The topological polar surface area (TPSA) is 181 Å². The van der Waals surface area contributed by atoms with E-state index in [4.69, 9.17) is 20.4 Å². The van der Waals surface area contributed by atoms with Crippen molar-refractivity contribution in [3.8, 4) is 0 Å². The quantitative estimate of drug-likeness (QED) is 0.573. The Morgan fingerprint density at radius 1 is 0.579 bits per heavy atom. The summed E-state index contributed by atoms with van der Waals surface area (Å²) < 4.78 is 0. The number of rotatable bonds is 4. The molecule has 0 aliphatic heterocycles. The summed E-state index contributed by atoms with van der Waals surface area (Å²) in [5.74, 6) is -6.64. The van der Waals surface area contributed by atoms with Crippen molar-refractivity contribution >= 4 is 23.9 Å². The minimum absolute atomic E-state index is 0. The van der Waals surface area contributed by atoms with Gasteiger partial charge in [0.15, 0.2) is 0 Å². The van der Waals surface area contributed by atoms with Gasteiger partial charge >= 0.3 is 23.9 Å². The summed E-state index contributed by atoms with van der Waals surface area (Å²) in [4.78, 5) is 43.1. The van der Waals surface area contributed by atoms with Crippen molar-refractivity contribution in [1.82, 2.24) is 0 Å². The molecule has 0 bridgehead atoms. The third-order valence-electron chi connectivity index (χ3n) is 2.08. The van der Waals surface area contributed by atoms with Crippen molar-refractivity contribution < 1.29 is 45.1 Å². The van der Waals surface area contributed by atoms with Crippen LogP contribution in [0.5, 0.6) is 0 Å². The summed E-state index contributed by atoms with van der Waals surface area (Å²) in [6.45, 7) is 0. The molecule has 0 saturated carbocycles. The molecule has 0 spiro atoms. The van der Waals surface area contributed by atoms with E-state index in [-0.39, 0.29) is 5.48 Å². The Labute approximate surface area is 104 Å². The molecular weight excluding hydrogens is 264 g/mol. The van der Waals surface area contributed by atoms with Crippen LogP contribution in [0.25, 0.3) is 0 Å². The number of benzene rings is 1.